The minimum absolute atomic E-state index is 0.0364. The van der Waals surface area contributed by atoms with Crippen molar-refractivity contribution in [1.29, 1.82) is 0 Å². The molecule has 1 atom stereocenters. The molecule has 0 saturated carbocycles. The van der Waals surface area contributed by atoms with Crippen molar-refractivity contribution in [3.05, 3.63) is 56.7 Å². The van der Waals surface area contributed by atoms with Crippen LogP contribution >= 0.6 is 22.9 Å². The lowest BCUT2D eigenvalue weighted by molar-refractivity contribution is -0.138. The average Bonchev–Trinajstić information content (AvgIpc) is 2.73. The largest absolute Gasteiger partial charge is 0.416 e. The van der Waals surface area contributed by atoms with Crippen LogP contribution in [0, 0.1) is 0 Å². The summed E-state index contributed by atoms with van der Waals surface area (Å²) in [5.74, 6) is 0. The molecule has 0 spiro atoms. The lowest BCUT2D eigenvalue weighted by atomic mass is 9.99. The molecule has 0 radical (unpaired) electrons. The normalized spacial score (nSPS) is 13.6. The van der Waals surface area contributed by atoms with Crippen molar-refractivity contribution in [2.24, 2.45) is 5.73 Å². The molecular weight excluding hydrogens is 283 g/mol. The molecule has 0 aliphatic heterocycles. The van der Waals surface area contributed by atoms with Gasteiger partial charge in [-0.15, -0.1) is 11.3 Å². The van der Waals surface area contributed by atoms with Gasteiger partial charge >= 0.3 is 6.18 Å². The van der Waals surface area contributed by atoms with E-state index in [1.807, 2.05) is 0 Å². The zero-order valence-electron chi connectivity index (χ0n) is 9.04. The molecule has 1 heterocycles. The summed E-state index contributed by atoms with van der Waals surface area (Å²) >= 11 is 7.15. The van der Waals surface area contributed by atoms with Crippen molar-refractivity contribution in [2.45, 2.75) is 12.2 Å². The number of thiophene rings is 1. The minimum atomic E-state index is -4.42. The first kappa shape index (κ1) is 13.4. The Balaban J connectivity index is 2.49. The summed E-state index contributed by atoms with van der Waals surface area (Å²) < 4.78 is 38.6. The van der Waals surface area contributed by atoms with Crippen LogP contribution in [0.4, 0.5) is 13.2 Å². The third kappa shape index (κ3) is 2.53. The molecule has 1 nitrogen and oxygen atoms in total. The predicted molar refractivity (Wildman–Crippen MR) is 66.8 cm³/mol. The second-order valence-electron chi connectivity index (χ2n) is 3.70. The highest BCUT2D eigenvalue weighted by molar-refractivity contribution is 7.10. The van der Waals surface area contributed by atoms with E-state index in [0.29, 0.717) is 9.90 Å². The van der Waals surface area contributed by atoms with Gasteiger partial charge in [-0.05, 0) is 23.1 Å². The SMILES string of the molecule is NC(c1ccccc1C(F)(F)F)c1sccc1Cl. The Hall–Kier alpha value is -1.04. The molecule has 0 amide bonds. The van der Waals surface area contributed by atoms with E-state index in [2.05, 4.69) is 0 Å². The fourth-order valence-corrected chi connectivity index (χ4v) is 2.89. The first-order chi connectivity index (χ1) is 8.41. The van der Waals surface area contributed by atoms with E-state index >= 15 is 0 Å². The fraction of sp³-hybridized carbons (Fsp3) is 0.167. The monoisotopic (exact) mass is 291 g/mol. The second kappa shape index (κ2) is 4.91. The van der Waals surface area contributed by atoms with Gasteiger partial charge in [0.15, 0.2) is 0 Å². The number of hydrogen-bond donors (Lipinski definition) is 1. The number of rotatable bonds is 2. The summed E-state index contributed by atoms with van der Waals surface area (Å²) in [5, 5.41) is 2.10. The van der Waals surface area contributed by atoms with Gasteiger partial charge in [-0.2, -0.15) is 13.2 Å². The molecule has 1 aromatic heterocycles. The van der Waals surface area contributed by atoms with Crippen molar-refractivity contribution in [3.8, 4) is 0 Å². The Morgan fingerprint density at radius 3 is 2.39 bits per heavy atom. The first-order valence-electron chi connectivity index (χ1n) is 5.06. The van der Waals surface area contributed by atoms with Crippen LogP contribution in [-0.4, -0.2) is 0 Å². The summed E-state index contributed by atoms with van der Waals surface area (Å²) in [7, 11) is 0. The summed E-state index contributed by atoms with van der Waals surface area (Å²) in [6.45, 7) is 0. The van der Waals surface area contributed by atoms with Crippen molar-refractivity contribution >= 4 is 22.9 Å². The number of alkyl halides is 3. The van der Waals surface area contributed by atoms with E-state index < -0.39 is 17.8 Å². The molecule has 2 N–H and O–H groups in total. The van der Waals surface area contributed by atoms with Gasteiger partial charge < -0.3 is 5.73 Å². The highest BCUT2D eigenvalue weighted by Gasteiger charge is 2.35. The van der Waals surface area contributed by atoms with Crippen molar-refractivity contribution < 1.29 is 13.2 Å². The van der Waals surface area contributed by atoms with Gasteiger partial charge in [0, 0.05) is 4.88 Å². The summed E-state index contributed by atoms with van der Waals surface area (Å²) in [5.41, 5.74) is 5.20. The van der Waals surface area contributed by atoms with Gasteiger partial charge in [0.2, 0.25) is 0 Å². The van der Waals surface area contributed by atoms with E-state index in [9.17, 15) is 13.2 Å². The third-order valence-corrected chi connectivity index (χ3v) is 3.97. The van der Waals surface area contributed by atoms with E-state index in [-0.39, 0.29) is 5.56 Å². The zero-order valence-corrected chi connectivity index (χ0v) is 10.6. The summed E-state index contributed by atoms with van der Waals surface area (Å²) in [6.07, 6.45) is -4.42. The van der Waals surface area contributed by atoms with Crippen molar-refractivity contribution in [3.63, 3.8) is 0 Å². The smallest absolute Gasteiger partial charge is 0.320 e. The lowest BCUT2D eigenvalue weighted by Crippen LogP contribution is -2.17. The van der Waals surface area contributed by atoms with Gasteiger partial charge in [0.25, 0.3) is 0 Å². The number of benzene rings is 1. The van der Waals surface area contributed by atoms with Gasteiger partial charge in [0.1, 0.15) is 0 Å². The Kier molecular flexibility index (Phi) is 3.66. The van der Waals surface area contributed by atoms with E-state index in [1.165, 1.54) is 29.5 Å². The zero-order chi connectivity index (χ0) is 13.3. The molecule has 0 aliphatic rings. The quantitative estimate of drug-likeness (QED) is 0.868. The number of hydrogen-bond acceptors (Lipinski definition) is 2. The Morgan fingerprint density at radius 1 is 1.17 bits per heavy atom. The maximum atomic E-state index is 12.9. The Morgan fingerprint density at radius 2 is 1.83 bits per heavy atom. The molecule has 0 saturated heterocycles. The highest BCUT2D eigenvalue weighted by atomic mass is 35.5. The molecule has 1 aromatic carbocycles. The molecule has 0 aliphatic carbocycles. The van der Waals surface area contributed by atoms with Crippen molar-refractivity contribution in [1.82, 2.24) is 0 Å². The van der Waals surface area contributed by atoms with E-state index in [4.69, 9.17) is 17.3 Å². The van der Waals surface area contributed by atoms with Gasteiger partial charge in [0.05, 0.1) is 16.6 Å². The molecule has 0 bridgehead atoms. The van der Waals surface area contributed by atoms with Crippen LogP contribution in [0.25, 0.3) is 0 Å². The lowest BCUT2D eigenvalue weighted by Gasteiger charge is -2.17. The Bertz CT molecular complexity index is 550. The summed E-state index contributed by atoms with van der Waals surface area (Å²) in [4.78, 5) is 0.536. The topological polar surface area (TPSA) is 26.0 Å². The highest BCUT2D eigenvalue weighted by Crippen LogP contribution is 2.38. The third-order valence-electron chi connectivity index (χ3n) is 2.53. The van der Waals surface area contributed by atoms with E-state index in [1.54, 1.807) is 11.4 Å². The van der Waals surface area contributed by atoms with Crippen LogP contribution < -0.4 is 5.73 Å². The fourth-order valence-electron chi connectivity index (χ4n) is 1.69. The molecule has 2 aromatic rings. The second-order valence-corrected chi connectivity index (χ2v) is 5.05. The van der Waals surface area contributed by atoms with Crippen LogP contribution in [0.3, 0.4) is 0 Å². The Labute approximate surface area is 111 Å². The molecule has 1 unspecified atom stereocenters. The average molecular weight is 292 g/mol. The maximum Gasteiger partial charge on any atom is 0.416 e. The first-order valence-corrected chi connectivity index (χ1v) is 6.31. The van der Waals surface area contributed by atoms with Gasteiger partial charge in [-0.1, -0.05) is 29.8 Å². The maximum absolute atomic E-state index is 12.9. The molecule has 0 fully saturated rings. The van der Waals surface area contributed by atoms with Gasteiger partial charge in [-0.25, -0.2) is 0 Å². The van der Waals surface area contributed by atoms with Crippen LogP contribution in [0.15, 0.2) is 35.7 Å². The van der Waals surface area contributed by atoms with Crippen LogP contribution in [-0.2, 0) is 6.18 Å². The number of halogens is 4. The van der Waals surface area contributed by atoms with Crippen LogP contribution in [0.1, 0.15) is 22.0 Å². The standard InChI is InChI=1S/C12H9ClF3NS/c13-9-5-6-18-11(9)10(17)7-3-1-2-4-8(7)12(14,15)16/h1-6,10H,17H2. The molecule has 96 valence electrons. The van der Waals surface area contributed by atoms with Gasteiger partial charge in [-0.3, -0.25) is 0 Å². The number of nitrogens with two attached hydrogens (primary N) is 1. The molecule has 18 heavy (non-hydrogen) atoms. The van der Waals surface area contributed by atoms with Crippen molar-refractivity contribution in [2.75, 3.05) is 0 Å². The molecular formula is C12H9ClF3NS. The minimum Gasteiger partial charge on any atom is -0.320 e. The molecule has 6 heteroatoms. The summed E-state index contributed by atoms with van der Waals surface area (Å²) in [6, 6.07) is 6.04. The predicted octanol–water partition coefficient (Wildman–Crippen LogP) is 4.47. The van der Waals surface area contributed by atoms with Crippen LogP contribution in [0.2, 0.25) is 5.02 Å². The van der Waals surface area contributed by atoms with Crippen LogP contribution in [0.5, 0.6) is 0 Å². The molecule has 2 rings (SSSR count). The van der Waals surface area contributed by atoms with E-state index in [0.717, 1.165) is 6.07 Å².